The third-order valence-electron chi connectivity index (χ3n) is 3.83. The zero-order chi connectivity index (χ0) is 14.4. The average Bonchev–Trinajstić information content (AvgIpc) is 2.46. The first-order valence-electron chi connectivity index (χ1n) is 7.20. The molecule has 1 aliphatic heterocycles. The van der Waals surface area contributed by atoms with Gasteiger partial charge in [-0.25, -0.2) is 0 Å². The topological polar surface area (TPSA) is 47.3 Å². The van der Waals surface area contributed by atoms with Crippen LogP contribution in [0.4, 0.5) is 0 Å². The Morgan fingerprint density at radius 3 is 2.85 bits per heavy atom. The van der Waals surface area contributed by atoms with Gasteiger partial charge in [-0.3, -0.25) is 11.3 Å². The highest BCUT2D eigenvalue weighted by atomic mass is 35.5. The molecule has 1 saturated heterocycles. The van der Waals surface area contributed by atoms with E-state index in [1.165, 1.54) is 19.3 Å². The van der Waals surface area contributed by atoms with Crippen molar-refractivity contribution in [2.24, 2.45) is 5.84 Å². The molecular weight excluding hydrogens is 295 g/mol. The average molecular weight is 317 g/mol. The van der Waals surface area contributed by atoms with Crippen LogP contribution in [0.3, 0.4) is 0 Å². The maximum Gasteiger partial charge on any atom is 0.0575 e. The van der Waals surface area contributed by atoms with Crippen LogP contribution in [0.2, 0.25) is 10.0 Å². The molecule has 2 atom stereocenters. The molecule has 1 fully saturated rings. The van der Waals surface area contributed by atoms with Crippen LogP contribution >= 0.6 is 23.2 Å². The first-order chi connectivity index (χ1) is 9.69. The quantitative estimate of drug-likeness (QED) is 0.621. The minimum absolute atomic E-state index is 0.208. The largest absolute Gasteiger partial charge is 0.378 e. The van der Waals surface area contributed by atoms with Crippen molar-refractivity contribution in [1.29, 1.82) is 0 Å². The zero-order valence-electron chi connectivity index (χ0n) is 11.6. The van der Waals surface area contributed by atoms with Gasteiger partial charge in [-0.15, -0.1) is 0 Å². The van der Waals surface area contributed by atoms with Gasteiger partial charge in [-0.1, -0.05) is 29.3 Å². The van der Waals surface area contributed by atoms with E-state index < -0.39 is 0 Å². The molecule has 0 spiro atoms. The molecule has 1 heterocycles. The lowest BCUT2D eigenvalue weighted by Crippen LogP contribution is -2.37. The Bertz CT molecular complexity index is 422. The minimum Gasteiger partial charge on any atom is -0.378 e. The number of hydrogen-bond donors (Lipinski definition) is 2. The Morgan fingerprint density at radius 2 is 2.20 bits per heavy atom. The van der Waals surface area contributed by atoms with Gasteiger partial charge in [0.25, 0.3) is 0 Å². The fourth-order valence-electron chi connectivity index (χ4n) is 2.62. The van der Waals surface area contributed by atoms with E-state index in [1.807, 2.05) is 12.1 Å². The molecule has 3 N–H and O–H groups in total. The van der Waals surface area contributed by atoms with Crippen LogP contribution in [-0.2, 0) is 11.2 Å². The summed E-state index contributed by atoms with van der Waals surface area (Å²) in [6.07, 6.45) is 6.85. The normalized spacial score (nSPS) is 20.9. The Morgan fingerprint density at radius 1 is 1.35 bits per heavy atom. The molecule has 1 aliphatic rings. The Labute approximate surface area is 130 Å². The summed E-state index contributed by atoms with van der Waals surface area (Å²) in [6, 6.07) is 5.81. The number of nitrogens with two attached hydrogens (primary N) is 1. The molecular formula is C15H22Cl2N2O. The summed E-state index contributed by atoms with van der Waals surface area (Å²) in [5.74, 6) is 5.66. The van der Waals surface area contributed by atoms with Crippen LogP contribution in [-0.4, -0.2) is 18.8 Å². The molecule has 0 aliphatic carbocycles. The molecule has 20 heavy (non-hydrogen) atoms. The van der Waals surface area contributed by atoms with Gasteiger partial charge in [0.2, 0.25) is 0 Å². The van der Waals surface area contributed by atoms with E-state index in [-0.39, 0.29) is 6.04 Å². The third-order valence-corrected chi connectivity index (χ3v) is 4.42. The molecule has 0 aromatic heterocycles. The predicted octanol–water partition coefficient (Wildman–Crippen LogP) is 3.72. The van der Waals surface area contributed by atoms with Crippen molar-refractivity contribution in [1.82, 2.24) is 5.43 Å². The highest BCUT2D eigenvalue weighted by Crippen LogP contribution is 2.24. The monoisotopic (exact) mass is 316 g/mol. The van der Waals surface area contributed by atoms with E-state index in [0.717, 1.165) is 31.4 Å². The van der Waals surface area contributed by atoms with Gasteiger partial charge in [0.05, 0.1) is 6.10 Å². The van der Waals surface area contributed by atoms with E-state index in [1.54, 1.807) is 6.07 Å². The lowest BCUT2D eigenvalue weighted by Gasteiger charge is -2.25. The van der Waals surface area contributed by atoms with Crippen LogP contribution in [0.25, 0.3) is 0 Å². The maximum atomic E-state index is 6.20. The fourth-order valence-corrected chi connectivity index (χ4v) is 3.10. The van der Waals surface area contributed by atoms with Crippen molar-refractivity contribution in [3.63, 3.8) is 0 Å². The summed E-state index contributed by atoms with van der Waals surface area (Å²) >= 11 is 12.1. The van der Waals surface area contributed by atoms with Crippen LogP contribution in [0.1, 0.15) is 37.7 Å². The van der Waals surface area contributed by atoms with Gasteiger partial charge in [0.15, 0.2) is 0 Å². The van der Waals surface area contributed by atoms with Gasteiger partial charge < -0.3 is 4.74 Å². The zero-order valence-corrected chi connectivity index (χ0v) is 13.1. The fraction of sp³-hybridized carbons (Fsp3) is 0.600. The van der Waals surface area contributed by atoms with E-state index in [9.17, 15) is 0 Å². The van der Waals surface area contributed by atoms with Crippen molar-refractivity contribution < 1.29 is 4.74 Å². The molecule has 0 radical (unpaired) electrons. The SMILES string of the molecule is NNC(CCC1CCCCO1)Cc1ccc(Cl)cc1Cl. The van der Waals surface area contributed by atoms with Gasteiger partial charge in [-0.05, 0) is 56.2 Å². The summed E-state index contributed by atoms with van der Waals surface area (Å²) in [6.45, 7) is 0.897. The van der Waals surface area contributed by atoms with E-state index >= 15 is 0 Å². The lowest BCUT2D eigenvalue weighted by molar-refractivity contribution is 0.00858. The van der Waals surface area contributed by atoms with E-state index in [0.29, 0.717) is 16.1 Å². The Hall–Kier alpha value is -0.320. The van der Waals surface area contributed by atoms with Gasteiger partial charge in [0.1, 0.15) is 0 Å². The molecule has 2 rings (SSSR count). The first-order valence-corrected chi connectivity index (χ1v) is 7.96. The summed E-state index contributed by atoms with van der Waals surface area (Å²) < 4.78 is 5.75. The standard InChI is InChI=1S/C15H22Cl2N2O/c16-12-5-4-11(15(17)10-12)9-13(19-18)6-7-14-3-1-2-8-20-14/h4-5,10,13-14,19H,1-3,6-9,18H2. The van der Waals surface area contributed by atoms with Gasteiger partial charge in [0, 0.05) is 22.7 Å². The second-order valence-electron chi connectivity index (χ2n) is 5.37. The summed E-state index contributed by atoms with van der Waals surface area (Å²) in [7, 11) is 0. The van der Waals surface area contributed by atoms with Crippen molar-refractivity contribution in [2.45, 2.75) is 50.7 Å². The lowest BCUT2D eigenvalue weighted by atomic mass is 9.98. The van der Waals surface area contributed by atoms with Crippen molar-refractivity contribution in [2.75, 3.05) is 6.61 Å². The van der Waals surface area contributed by atoms with Crippen LogP contribution in [0, 0.1) is 0 Å². The molecule has 2 unspecified atom stereocenters. The molecule has 112 valence electrons. The summed E-state index contributed by atoms with van der Waals surface area (Å²) in [5.41, 5.74) is 3.96. The third kappa shape index (κ3) is 4.90. The number of halogens is 2. The molecule has 1 aromatic rings. The molecule has 1 aromatic carbocycles. The van der Waals surface area contributed by atoms with Crippen LogP contribution in [0.5, 0.6) is 0 Å². The summed E-state index contributed by atoms with van der Waals surface area (Å²) in [4.78, 5) is 0. The Kier molecular flexibility index (Phi) is 6.59. The maximum absolute atomic E-state index is 6.20. The number of benzene rings is 1. The first kappa shape index (κ1) is 16.1. The van der Waals surface area contributed by atoms with Crippen LogP contribution < -0.4 is 11.3 Å². The number of nitrogens with one attached hydrogen (secondary N) is 1. The number of hydrazine groups is 1. The highest BCUT2D eigenvalue weighted by molar-refractivity contribution is 6.35. The Balaban J connectivity index is 1.84. The second kappa shape index (κ2) is 8.20. The van der Waals surface area contributed by atoms with Crippen molar-refractivity contribution >= 4 is 23.2 Å². The van der Waals surface area contributed by atoms with Crippen molar-refractivity contribution in [3.05, 3.63) is 33.8 Å². The molecule has 0 saturated carbocycles. The van der Waals surface area contributed by atoms with Gasteiger partial charge in [-0.2, -0.15) is 0 Å². The highest BCUT2D eigenvalue weighted by Gasteiger charge is 2.17. The summed E-state index contributed by atoms with van der Waals surface area (Å²) in [5, 5.41) is 1.36. The molecule has 0 bridgehead atoms. The number of hydrogen-bond acceptors (Lipinski definition) is 3. The molecule has 0 amide bonds. The van der Waals surface area contributed by atoms with E-state index in [4.69, 9.17) is 33.8 Å². The molecule has 5 heteroatoms. The van der Waals surface area contributed by atoms with E-state index in [2.05, 4.69) is 5.43 Å². The minimum atomic E-state index is 0.208. The van der Waals surface area contributed by atoms with Gasteiger partial charge >= 0.3 is 0 Å². The number of ether oxygens (including phenoxy) is 1. The number of rotatable bonds is 6. The van der Waals surface area contributed by atoms with Crippen LogP contribution in [0.15, 0.2) is 18.2 Å². The predicted molar refractivity (Wildman–Crippen MR) is 84.1 cm³/mol. The van der Waals surface area contributed by atoms with Crippen molar-refractivity contribution in [3.8, 4) is 0 Å². The second-order valence-corrected chi connectivity index (χ2v) is 6.21. The smallest absolute Gasteiger partial charge is 0.0575 e. The molecule has 3 nitrogen and oxygen atoms in total.